The van der Waals surface area contributed by atoms with Crippen molar-refractivity contribution < 1.29 is 4.39 Å². The van der Waals surface area contributed by atoms with Crippen LogP contribution in [0.5, 0.6) is 0 Å². The Morgan fingerprint density at radius 3 is 2.93 bits per heavy atom. The van der Waals surface area contributed by atoms with E-state index in [2.05, 4.69) is 25.9 Å². The van der Waals surface area contributed by atoms with Crippen molar-refractivity contribution in [3.05, 3.63) is 31.8 Å². The molecule has 0 unspecified atom stereocenters. The second-order valence-corrected chi connectivity index (χ2v) is 4.80. The standard InChI is InChI=1S/C9H5BrFIN2/c1-4-3-13-6-2-5(10)7(11)8(12)9(6)14-4/h2-3H,1H3. The van der Waals surface area contributed by atoms with E-state index in [9.17, 15) is 4.39 Å². The van der Waals surface area contributed by atoms with Crippen LogP contribution in [0.3, 0.4) is 0 Å². The van der Waals surface area contributed by atoms with Crippen LogP contribution in [-0.2, 0) is 0 Å². The van der Waals surface area contributed by atoms with Crippen molar-refractivity contribution in [1.82, 2.24) is 9.97 Å². The number of nitrogens with zero attached hydrogens (tertiary/aromatic N) is 2. The molecule has 0 aliphatic carbocycles. The minimum absolute atomic E-state index is 0.280. The SMILES string of the molecule is Cc1cnc2cc(Br)c(F)c(I)c2n1. The van der Waals surface area contributed by atoms with Gasteiger partial charge in [0.15, 0.2) is 5.82 Å². The van der Waals surface area contributed by atoms with Crippen molar-refractivity contribution in [2.24, 2.45) is 0 Å². The fourth-order valence-electron chi connectivity index (χ4n) is 1.15. The Hall–Kier alpha value is -0.300. The summed E-state index contributed by atoms with van der Waals surface area (Å²) in [6.45, 7) is 1.84. The van der Waals surface area contributed by atoms with E-state index in [1.807, 2.05) is 29.5 Å². The average Bonchev–Trinajstić information content (AvgIpc) is 2.16. The van der Waals surface area contributed by atoms with E-state index >= 15 is 0 Å². The van der Waals surface area contributed by atoms with E-state index in [-0.39, 0.29) is 5.82 Å². The first-order valence-corrected chi connectivity index (χ1v) is 5.73. The lowest BCUT2D eigenvalue weighted by Gasteiger charge is -2.03. The summed E-state index contributed by atoms with van der Waals surface area (Å²) in [6, 6.07) is 1.64. The molecule has 2 nitrogen and oxygen atoms in total. The van der Waals surface area contributed by atoms with Gasteiger partial charge in [-0.2, -0.15) is 0 Å². The number of hydrogen-bond acceptors (Lipinski definition) is 2. The summed E-state index contributed by atoms with van der Waals surface area (Å²) >= 11 is 5.08. The van der Waals surface area contributed by atoms with Crippen LogP contribution < -0.4 is 0 Å². The highest BCUT2D eigenvalue weighted by molar-refractivity contribution is 14.1. The molecule has 2 aromatic rings. The third kappa shape index (κ3) is 1.63. The summed E-state index contributed by atoms with van der Waals surface area (Å²) in [5, 5.41) is 0. The normalized spacial score (nSPS) is 10.9. The number of benzene rings is 1. The molecule has 0 aliphatic rings. The van der Waals surface area contributed by atoms with E-state index in [1.54, 1.807) is 12.3 Å². The lowest BCUT2D eigenvalue weighted by molar-refractivity contribution is 0.615. The molecule has 0 atom stereocenters. The van der Waals surface area contributed by atoms with Crippen LogP contribution in [0.1, 0.15) is 5.69 Å². The van der Waals surface area contributed by atoms with Crippen LogP contribution in [0.15, 0.2) is 16.7 Å². The minimum atomic E-state index is -0.280. The minimum Gasteiger partial charge on any atom is -0.253 e. The maximum atomic E-state index is 13.5. The molecule has 0 bridgehead atoms. The second kappa shape index (κ2) is 3.69. The average molecular weight is 367 g/mol. The molecule has 1 aromatic heterocycles. The molecule has 5 heteroatoms. The summed E-state index contributed by atoms with van der Waals surface area (Å²) in [5.74, 6) is -0.280. The van der Waals surface area contributed by atoms with E-state index < -0.39 is 0 Å². The number of fused-ring (bicyclic) bond motifs is 1. The van der Waals surface area contributed by atoms with Gasteiger partial charge in [0.05, 0.1) is 19.3 Å². The third-order valence-corrected chi connectivity index (χ3v) is 3.36. The van der Waals surface area contributed by atoms with Gasteiger partial charge in [0.1, 0.15) is 5.52 Å². The summed E-state index contributed by atoms with van der Waals surface area (Å²) in [5.41, 5.74) is 2.11. The van der Waals surface area contributed by atoms with Crippen molar-refractivity contribution >= 4 is 49.6 Å². The van der Waals surface area contributed by atoms with Gasteiger partial charge in [-0.05, 0) is 51.5 Å². The molecule has 0 N–H and O–H groups in total. The zero-order valence-electron chi connectivity index (χ0n) is 7.18. The van der Waals surface area contributed by atoms with Crippen molar-refractivity contribution in [3.8, 4) is 0 Å². The van der Waals surface area contributed by atoms with Crippen molar-refractivity contribution in [2.75, 3.05) is 0 Å². The molecule has 0 aliphatic heterocycles. The highest BCUT2D eigenvalue weighted by Gasteiger charge is 2.11. The molecular formula is C9H5BrFIN2. The zero-order chi connectivity index (χ0) is 10.3. The van der Waals surface area contributed by atoms with Gasteiger partial charge in [0.25, 0.3) is 0 Å². The number of rotatable bonds is 0. The van der Waals surface area contributed by atoms with E-state index in [0.717, 1.165) is 5.69 Å². The molecule has 0 fully saturated rings. The third-order valence-electron chi connectivity index (χ3n) is 1.79. The Labute approximate surface area is 102 Å². The van der Waals surface area contributed by atoms with Crippen LogP contribution in [0, 0.1) is 16.3 Å². The van der Waals surface area contributed by atoms with E-state index in [1.165, 1.54) is 0 Å². The molecule has 1 aromatic carbocycles. The van der Waals surface area contributed by atoms with Gasteiger partial charge >= 0.3 is 0 Å². The Morgan fingerprint density at radius 1 is 1.50 bits per heavy atom. The zero-order valence-corrected chi connectivity index (χ0v) is 10.9. The first-order chi connectivity index (χ1) is 6.59. The molecular weight excluding hydrogens is 362 g/mol. The van der Waals surface area contributed by atoms with Gasteiger partial charge < -0.3 is 0 Å². The summed E-state index contributed by atoms with van der Waals surface area (Å²) in [6.07, 6.45) is 1.67. The first kappa shape index (κ1) is 10.2. The van der Waals surface area contributed by atoms with Crippen LogP contribution in [0.4, 0.5) is 4.39 Å². The van der Waals surface area contributed by atoms with Crippen LogP contribution in [0.2, 0.25) is 0 Å². The fourth-order valence-corrected chi connectivity index (χ4v) is 2.62. The molecule has 14 heavy (non-hydrogen) atoms. The molecule has 0 saturated carbocycles. The van der Waals surface area contributed by atoms with Crippen molar-refractivity contribution in [1.29, 1.82) is 0 Å². The molecule has 0 spiro atoms. The predicted molar refractivity (Wildman–Crippen MR) is 64.7 cm³/mol. The summed E-state index contributed by atoms with van der Waals surface area (Å²) in [7, 11) is 0. The second-order valence-electron chi connectivity index (χ2n) is 2.87. The lowest BCUT2D eigenvalue weighted by atomic mass is 10.3. The number of aromatic nitrogens is 2. The molecule has 72 valence electrons. The smallest absolute Gasteiger partial charge is 0.153 e. The Morgan fingerprint density at radius 2 is 2.21 bits per heavy atom. The first-order valence-electron chi connectivity index (χ1n) is 3.86. The number of aryl methyl sites for hydroxylation is 1. The van der Waals surface area contributed by atoms with Gasteiger partial charge in [-0.1, -0.05) is 0 Å². The van der Waals surface area contributed by atoms with Gasteiger partial charge in [-0.25, -0.2) is 9.37 Å². The van der Waals surface area contributed by atoms with Gasteiger partial charge in [0.2, 0.25) is 0 Å². The van der Waals surface area contributed by atoms with Gasteiger partial charge in [-0.15, -0.1) is 0 Å². The maximum absolute atomic E-state index is 13.5. The lowest BCUT2D eigenvalue weighted by Crippen LogP contribution is -1.93. The van der Waals surface area contributed by atoms with Crippen LogP contribution in [0.25, 0.3) is 11.0 Å². The predicted octanol–water partition coefficient (Wildman–Crippen LogP) is 3.44. The van der Waals surface area contributed by atoms with E-state index in [4.69, 9.17) is 0 Å². The fraction of sp³-hybridized carbons (Fsp3) is 0.111. The molecule has 2 rings (SSSR count). The number of hydrogen-bond donors (Lipinski definition) is 0. The quantitative estimate of drug-likeness (QED) is 0.527. The van der Waals surface area contributed by atoms with Crippen molar-refractivity contribution in [2.45, 2.75) is 6.92 Å². The topological polar surface area (TPSA) is 25.8 Å². The highest BCUT2D eigenvalue weighted by Crippen LogP contribution is 2.27. The maximum Gasteiger partial charge on any atom is 0.153 e. The Bertz CT molecular complexity index is 516. The summed E-state index contributed by atoms with van der Waals surface area (Å²) < 4.78 is 14.4. The van der Waals surface area contributed by atoms with Crippen LogP contribution >= 0.6 is 38.5 Å². The number of halogens is 3. The Balaban J connectivity index is 2.92. The molecule has 0 saturated heterocycles. The molecule has 1 heterocycles. The monoisotopic (exact) mass is 366 g/mol. The Kier molecular flexibility index (Phi) is 2.70. The van der Waals surface area contributed by atoms with Gasteiger partial charge in [-0.3, -0.25) is 4.98 Å². The molecule has 0 radical (unpaired) electrons. The van der Waals surface area contributed by atoms with Gasteiger partial charge in [0, 0.05) is 6.20 Å². The van der Waals surface area contributed by atoms with Crippen molar-refractivity contribution in [3.63, 3.8) is 0 Å². The summed E-state index contributed by atoms with van der Waals surface area (Å²) in [4.78, 5) is 8.43. The van der Waals surface area contributed by atoms with E-state index in [0.29, 0.717) is 19.1 Å². The largest absolute Gasteiger partial charge is 0.253 e. The highest BCUT2D eigenvalue weighted by atomic mass is 127. The van der Waals surface area contributed by atoms with Crippen LogP contribution in [-0.4, -0.2) is 9.97 Å². The molecule has 0 amide bonds.